The molecule has 2 aromatic carbocycles. The summed E-state index contributed by atoms with van der Waals surface area (Å²) in [5.74, 6) is -0.274. The lowest BCUT2D eigenvalue weighted by molar-refractivity contribution is -0.121. The highest BCUT2D eigenvalue weighted by molar-refractivity contribution is 7.13. The van der Waals surface area contributed by atoms with Crippen LogP contribution in [0.4, 0.5) is 0 Å². The summed E-state index contributed by atoms with van der Waals surface area (Å²) in [6, 6.07) is 19.5. The van der Waals surface area contributed by atoms with Gasteiger partial charge in [0.2, 0.25) is 5.91 Å². The summed E-state index contributed by atoms with van der Waals surface area (Å²) in [5, 5.41) is 6.52. The smallest absolute Gasteiger partial charge is 0.263 e. The number of rotatable bonds is 7. The van der Waals surface area contributed by atoms with Gasteiger partial charge in [0.1, 0.15) is 9.88 Å². The molecule has 144 valence electrons. The first-order valence-corrected chi connectivity index (χ1v) is 9.97. The predicted octanol–water partition coefficient (Wildman–Crippen LogP) is 3.80. The SMILES string of the molecule is Cc1nc(CC(=O)NC(C)c2ccccc2)sc1C(=O)NCc1ccccc1. The third kappa shape index (κ3) is 5.27. The molecule has 2 amide bonds. The van der Waals surface area contributed by atoms with Crippen molar-refractivity contribution >= 4 is 23.2 Å². The van der Waals surface area contributed by atoms with Crippen LogP contribution in [-0.2, 0) is 17.8 Å². The highest BCUT2D eigenvalue weighted by Gasteiger charge is 2.18. The molecule has 0 bridgehead atoms. The second kappa shape index (κ2) is 9.28. The highest BCUT2D eigenvalue weighted by atomic mass is 32.1. The van der Waals surface area contributed by atoms with Crippen LogP contribution in [0.25, 0.3) is 0 Å². The maximum Gasteiger partial charge on any atom is 0.263 e. The molecule has 6 heteroatoms. The van der Waals surface area contributed by atoms with Gasteiger partial charge >= 0.3 is 0 Å². The Morgan fingerprint density at radius 1 is 1.04 bits per heavy atom. The van der Waals surface area contributed by atoms with E-state index < -0.39 is 0 Å². The molecular formula is C22H23N3O2S. The zero-order valence-electron chi connectivity index (χ0n) is 15.9. The monoisotopic (exact) mass is 393 g/mol. The molecule has 0 saturated carbocycles. The van der Waals surface area contributed by atoms with E-state index in [1.54, 1.807) is 6.92 Å². The molecule has 0 radical (unpaired) electrons. The van der Waals surface area contributed by atoms with E-state index >= 15 is 0 Å². The number of carbonyl (C=O) groups excluding carboxylic acids is 2. The number of hydrogen-bond acceptors (Lipinski definition) is 4. The minimum atomic E-state index is -0.164. The van der Waals surface area contributed by atoms with Gasteiger partial charge in [0.15, 0.2) is 0 Å². The molecule has 5 nitrogen and oxygen atoms in total. The van der Waals surface area contributed by atoms with Crippen molar-refractivity contribution in [1.29, 1.82) is 0 Å². The maximum absolute atomic E-state index is 12.5. The van der Waals surface area contributed by atoms with E-state index in [4.69, 9.17) is 0 Å². The van der Waals surface area contributed by atoms with E-state index in [-0.39, 0.29) is 24.3 Å². The molecule has 0 saturated heterocycles. The summed E-state index contributed by atoms with van der Waals surface area (Å²) >= 11 is 1.27. The van der Waals surface area contributed by atoms with Crippen molar-refractivity contribution in [2.45, 2.75) is 32.9 Å². The number of carbonyl (C=O) groups is 2. The second-order valence-electron chi connectivity index (χ2n) is 6.57. The van der Waals surface area contributed by atoms with Crippen LogP contribution in [0.1, 0.15) is 44.5 Å². The van der Waals surface area contributed by atoms with Crippen LogP contribution < -0.4 is 10.6 Å². The summed E-state index contributed by atoms with van der Waals surface area (Å²) in [4.78, 5) is 29.8. The zero-order valence-corrected chi connectivity index (χ0v) is 16.8. The maximum atomic E-state index is 12.5. The molecule has 3 rings (SSSR count). The van der Waals surface area contributed by atoms with Crippen LogP contribution in [0, 0.1) is 6.92 Å². The fraction of sp³-hybridized carbons (Fsp3) is 0.227. The van der Waals surface area contributed by atoms with Crippen LogP contribution >= 0.6 is 11.3 Å². The van der Waals surface area contributed by atoms with Gasteiger partial charge < -0.3 is 10.6 Å². The number of benzene rings is 2. The molecule has 0 spiro atoms. The van der Waals surface area contributed by atoms with Crippen LogP contribution in [-0.4, -0.2) is 16.8 Å². The van der Waals surface area contributed by atoms with Gasteiger partial charge in [-0.25, -0.2) is 4.98 Å². The van der Waals surface area contributed by atoms with Gasteiger partial charge in [0, 0.05) is 6.54 Å². The van der Waals surface area contributed by atoms with Crippen molar-refractivity contribution < 1.29 is 9.59 Å². The first kappa shape index (κ1) is 19.8. The predicted molar refractivity (Wildman–Crippen MR) is 111 cm³/mol. The number of nitrogens with one attached hydrogen (secondary N) is 2. The van der Waals surface area contributed by atoms with Gasteiger partial charge in [-0.2, -0.15) is 0 Å². The molecule has 0 aliphatic carbocycles. The van der Waals surface area contributed by atoms with Gasteiger partial charge in [0.25, 0.3) is 5.91 Å². The summed E-state index contributed by atoms with van der Waals surface area (Å²) in [6.07, 6.45) is 0.161. The Bertz CT molecular complexity index is 939. The largest absolute Gasteiger partial charge is 0.349 e. The third-order valence-electron chi connectivity index (χ3n) is 4.33. The lowest BCUT2D eigenvalue weighted by Crippen LogP contribution is -2.28. The third-order valence-corrected chi connectivity index (χ3v) is 5.49. The fourth-order valence-corrected chi connectivity index (χ4v) is 3.83. The Morgan fingerprint density at radius 2 is 1.68 bits per heavy atom. The highest BCUT2D eigenvalue weighted by Crippen LogP contribution is 2.19. The lowest BCUT2D eigenvalue weighted by Gasteiger charge is -2.13. The average molecular weight is 394 g/mol. The molecule has 28 heavy (non-hydrogen) atoms. The summed E-state index contributed by atoms with van der Waals surface area (Å²) in [7, 11) is 0. The molecule has 1 heterocycles. The number of amides is 2. The molecule has 2 N–H and O–H groups in total. The number of thiazole rings is 1. The molecule has 0 aliphatic heterocycles. The Kier molecular flexibility index (Phi) is 6.55. The van der Waals surface area contributed by atoms with Crippen LogP contribution in [0.5, 0.6) is 0 Å². The zero-order chi connectivity index (χ0) is 19.9. The van der Waals surface area contributed by atoms with E-state index in [0.29, 0.717) is 22.1 Å². The van der Waals surface area contributed by atoms with Gasteiger partial charge in [-0.05, 0) is 25.0 Å². The summed E-state index contributed by atoms with van der Waals surface area (Å²) in [6.45, 7) is 4.20. The molecular weight excluding hydrogens is 370 g/mol. The number of aromatic nitrogens is 1. The Labute approximate surface area is 168 Å². The van der Waals surface area contributed by atoms with Crippen molar-refractivity contribution in [2.24, 2.45) is 0 Å². The first-order chi connectivity index (χ1) is 13.5. The van der Waals surface area contributed by atoms with Crippen molar-refractivity contribution in [3.05, 3.63) is 87.4 Å². The quantitative estimate of drug-likeness (QED) is 0.641. The van der Waals surface area contributed by atoms with Crippen LogP contribution in [0.15, 0.2) is 60.7 Å². The fourth-order valence-electron chi connectivity index (χ4n) is 2.85. The van der Waals surface area contributed by atoms with E-state index in [9.17, 15) is 9.59 Å². The van der Waals surface area contributed by atoms with E-state index in [1.165, 1.54) is 11.3 Å². The Hall–Kier alpha value is -2.99. The first-order valence-electron chi connectivity index (χ1n) is 9.15. The number of hydrogen-bond donors (Lipinski definition) is 2. The second-order valence-corrected chi connectivity index (χ2v) is 7.65. The van der Waals surface area contributed by atoms with Gasteiger partial charge in [0.05, 0.1) is 18.2 Å². The van der Waals surface area contributed by atoms with Gasteiger partial charge in [-0.3, -0.25) is 9.59 Å². The Balaban J connectivity index is 1.57. The standard InChI is InChI=1S/C22H23N3O2S/c1-15(18-11-7-4-8-12-18)24-19(26)13-20-25-16(2)21(28-20)22(27)23-14-17-9-5-3-6-10-17/h3-12,15H,13-14H2,1-2H3,(H,23,27)(H,24,26). The van der Waals surface area contributed by atoms with Crippen LogP contribution in [0.3, 0.4) is 0 Å². The van der Waals surface area contributed by atoms with E-state index in [0.717, 1.165) is 11.1 Å². The normalized spacial score (nSPS) is 11.6. The molecule has 1 atom stereocenters. The van der Waals surface area contributed by atoms with E-state index in [2.05, 4.69) is 15.6 Å². The molecule has 1 unspecified atom stereocenters. The molecule has 3 aromatic rings. The topological polar surface area (TPSA) is 71.1 Å². The van der Waals surface area contributed by atoms with Crippen LogP contribution in [0.2, 0.25) is 0 Å². The molecule has 1 aromatic heterocycles. The number of aryl methyl sites for hydroxylation is 1. The minimum Gasteiger partial charge on any atom is -0.349 e. The molecule has 0 aliphatic rings. The van der Waals surface area contributed by atoms with Gasteiger partial charge in [-0.15, -0.1) is 11.3 Å². The van der Waals surface area contributed by atoms with Crippen molar-refractivity contribution in [2.75, 3.05) is 0 Å². The molecule has 0 fully saturated rings. The summed E-state index contributed by atoms with van der Waals surface area (Å²) in [5.41, 5.74) is 2.73. The number of nitrogens with zero attached hydrogens (tertiary/aromatic N) is 1. The van der Waals surface area contributed by atoms with Crippen molar-refractivity contribution in [3.8, 4) is 0 Å². The Morgan fingerprint density at radius 3 is 2.36 bits per heavy atom. The van der Waals surface area contributed by atoms with Crippen molar-refractivity contribution in [3.63, 3.8) is 0 Å². The van der Waals surface area contributed by atoms with E-state index in [1.807, 2.05) is 67.6 Å². The lowest BCUT2D eigenvalue weighted by atomic mass is 10.1. The van der Waals surface area contributed by atoms with Crippen molar-refractivity contribution in [1.82, 2.24) is 15.6 Å². The van der Waals surface area contributed by atoms with Gasteiger partial charge in [-0.1, -0.05) is 60.7 Å². The summed E-state index contributed by atoms with van der Waals surface area (Å²) < 4.78 is 0. The average Bonchev–Trinajstić information content (AvgIpc) is 3.07. The minimum absolute atomic E-state index is 0.0802.